The van der Waals surface area contributed by atoms with Crippen LogP contribution in [0.2, 0.25) is 0 Å². The van der Waals surface area contributed by atoms with Crippen LogP contribution in [0.3, 0.4) is 0 Å². The van der Waals surface area contributed by atoms with Gasteiger partial charge in [0, 0.05) is 23.2 Å². The molecule has 1 N–H and O–H groups in total. The quantitative estimate of drug-likeness (QED) is 0.534. The molecule has 1 nitrogen and oxygen atoms in total. The number of hydrogen-bond donors (Lipinski definition) is 1. The Bertz CT molecular complexity index is 192. The van der Waals surface area contributed by atoms with Crippen molar-refractivity contribution in [3.05, 3.63) is 18.3 Å². The van der Waals surface area contributed by atoms with Crippen LogP contribution in [0.1, 0.15) is 12.8 Å². The van der Waals surface area contributed by atoms with Crippen molar-refractivity contribution in [1.82, 2.24) is 4.98 Å². The first-order valence-corrected chi connectivity index (χ1v) is 5.34. The fourth-order valence-electron chi connectivity index (χ4n) is 1.37. The van der Waals surface area contributed by atoms with Gasteiger partial charge in [-0.2, -0.15) is 0 Å². The average molecular weight is 190 g/mol. The van der Waals surface area contributed by atoms with Crippen molar-refractivity contribution in [3.8, 4) is 0 Å². The van der Waals surface area contributed by atoms with E-state index < -0.39 is 0 Å². The zero-order valence-electron chi connectivity index (χ0n) is 6.35. The van der Waals surface area contributed by atoms with Crippen molar-refractivity contribution in [2.24, 2.45) is 0 Å². The van der Waals surface area contributed by atoms with Gasteiger partial charge in [-0.25, -0.2) is 0 Å². The van der Waals surface area contributed by atoms with Gasteiger partial charge in [-0.3, -0.25) is 0 Å². The van der Waals surface area contributed by atoms with Crippen LogP contribution in [-0.2, 0) is 10.9 Å². The Morgan fingerprint density at radius 2 is 2.00 bits per heavy atom. The summed E-state index contributed by atoms with van der Waals surface area (Å²) >= 11 is 0. The van der Waals surface area contributed by atoms with Gasteiger partial charge in [-0.1, -0.05) is 0 Å². The summed E-state index contributed by atoms with van der Waals surface area (Å²) in [6, 6.07) is 4.31. The number of nitrogens with one attached hydrogen (secondary N) is 1. The molecular weight excluding hydrogens is 178 g/mol. The minimum Gasteiger partial charge on any atom is -1.00 e. The molecule has 2 heterocycles. The third kappa shape index (κ3) is 1.94. The highest BCUT2D eigenvalue weighted by atomic mass is 35.5. The van der Waals surface area contributed by atoms with Crippen LogP contribution in [0.4, 0.5) is 0 Å². The Balaban J connectivity index is 0.000000605. The van der Waals surface area contributed by atoms with E-state index in [4.69, 9.17) is 0 Å². The van der Waals surface area contributed by atoms with Crippen molar-refractivity contribution in [2.75, 3.05) is 11.5 Å². The Morgan fingerprint density at radius 3 is 2.55 bits per heavy atom. The zero-order valence-corrected chi connectivity index (χ0v) is 7.92. The van der Waals surface area contributed by atoms with Gasteiger partial charge in [0.25, 0.3) is 0 Å². The highest BCUT2D eigenvalue weighted by Gasteiger charge is 2.26. The molecule has 3 heteroatoms. The summed E-state index contributed by atoms with van der Waals surface area (Å²) in [5.41, 5.74) is 0. The first-order valence-electron chi connectivity index (χ1n) is 3.78. The Labute approximate surface area is 76.3 Å². The SMILES string of the molecule is [Cl-].c1c[nH]c([S+]2CCCC2)c1. The van der Waals surface area contributed by atoms with E-state index >= 15 is 0 Å². The van der Waals surface area contributed by atoms with E-state index in [9.17, 15) is 0 Å². The van der Waals surface area contributed by atoms with E-state index in [1.807, 2.05) is 6.20 Å². The molecule has 0 bridgehead atoms. The van der Waals surface area contributed by atoms with Crippen LogP contribution in [0.15, 0.2) is 23.4 Å². The van der Waals surface area contributed by atoms with Crippen LogP contribution in [-0.4, -0.2) is 16.5 Å². The van der Waals surface area contributed by atoms with Crippen LogP contribution in [0.25, 0.3) is 0 Å². The molecule has 0 atom stereocenters. The average Bonchev–Trinajstić information content (AvgIpc) is 2.59. The normalized spacial score (nSPS) is 18.2. The van der Waals surface area contributed by atoms with Gasteiger partial charge in [0.05, 0.1) is 0 Å². The Morgan fingerprint density at radius 1 is 1.27 bits per heavy atom. The molecule has 1 aliphatic heterocycles. The maximum Gasteiger partial charge on any atom is 0.224 e. The van der Waals surface area contributed by atoms with Gasteiger partial charge in [0.15, 0.2) is 0 Å². The summed E-state index contributed by atoms with van der Waals surface area (Å²) in [6.45, 7) is 0. The van der Waals surface area contributed by atoms with Crippen LogP contribution in [0, 0.1) is 0 Å². The summed E-state index contributed by atoms with van der Waals surface area (Å²) in [5.74, 6) is 2.83. The summed E-state index contributed by atoms with van der Waals surface area (Å²) in [7, 11) is 0.585. The van der Waals surface area contributed by atoms with Crippen molar-refractivity contribution in [2.45, 2.75) is 17.9 Å². The number of hydrogen-bond acceptors (Lipinski definition) is 0. The Kier molecular flexibility index (Phi) is 3.34. The summed E-state index contributed by atoms with van der Waals surface area (Å²) < 4.78 is 0. The molecule has 1 aromatic heterocycles. The highest BCUT2D eigenvalue weighted by molar-refractivity contribution is 7.97. The maximum absolute atomic E-state index is 3.29. The fraction of sp³-hybridized carbons (Fsp3) is 0.500. The monoisotopic (exact) mass is 189 g/mol. The van der Waals surface area contributed by atoms with Gasteiger partial charge in [0.1, 0.15) is 11.5 Å². The van der Waals surface area contributed by atoms with E-state index in [0.29, 0.717) is 10.9 Å². The minimum absolute atomic E-state index is 0. The molecule has 0 spiro atoms. The minimum atomic E-state index is 0. The topological polar surface area (TPSA) is 15.8 Å². The summed E-state index contributed by atoms with van der Waals surface area (Å²) in [6.07, 6.45) is 4.89. The second kappa shape index (κ2) is 4.07. The standard InChI is InChI=1S/C8H12NS.ClH/c1-2-7-10(6-1)8-4-3-5-9-8;/h3-5,9H,1-2,6-7H2;1H/q+1;/p-1. The van der Waals surface area contributed by atoms with E-state index in [-0.39, 0.29) is 12.4 Å². The molecule has 1 aliphatic rings. The molecule has 1 fully saturated rings. The Hall–Kier alpha value is -0.0800. The third-order valence-corrected chi connectivity index (χ3v) is 4.35. The van der Waals surface area contributed by atoms with E-state index in [2.05, 4.69) is 17.1 Å². The number of rotatable bonds is 1. The molecule has 1 aromatic rings. The lowest BCUT2D eigenvalue weighted by Gasteiger charge is -1.93. The largest absolute Gasteiger partial charge is 1.00 e. The first kappa shape index (κ1) is 9.01. The number of aromatic amines is 1. The van der Waals surface area contributed by atoms with E-state index in [1.54, 1.807) is 0 Å². The molecular formula is C8H12ClNS. The number of H-pyrrole nitrogens is 1. The molecule has 0 saturated carbocycles. The second-order valence-corrected chi connectivity index (χ2v) is 4.88. The summed E-state index contributed by atoms with van der Waals surface area (Å²) in [4.78, 5) is 3.29. The van der Waals surface area contributed by atoms with Crippen LogP contribution in [0.5, 0.6) is 0 Å². The zero-order chi connectivity index (χ0) is 6.81. The van der Waals surface area contributed by atoms with Gasteiger partial charge in [0.2, 0.25) is 5.03 Å². The molecule has 0 unspecified atom stereocenters. The van der Waals surface area contributed by atoms with Crippen LogP contribution < -0.4 is 12.4 Å². The predicted molar refractivity (Wildman–Crippen MR) is 45.4 cm³/mol. The lowest BCUT2D eigenvalue weighted by molar-refractivity contribution is -0.00000209. The lowest BCUT2D eigenvalue weighted by atomic mass is 10.4. The summed E-state index contributed by atoms with van der Waals surface area (Å²) in [5, 5.41) is 1.47. The molecule has 1 saturated heterocycles. The third-order valence-electron chi connectivity index (χ3n) is 1.91. The van der Waals surface area contributed by atoms with Crippen molar-refractivity contribution in [3.63, 3.8) is 0 Å². The van der Waals surface area contributed by atoms with E-state index in [0.717, 1.165) is 0 Å². The van der Waals surface area contributed by atoms with Crippen molar-refractivity contribution in [1.29, 1.82) is 0 Å². The van der Waals surface area contributed by atoms with Crippen molar-refractivity contribution < 1.29 is 12.4 Å². The van der Waals surface area contributed by atoms with Gasteiger partial charge in [-0.15, -0.1) is 0 Å². The highest BCUT2D eigenvalue weighted by Crippen LogP contribution is 2.20. The number of aromatic nitrogens is 1. The molecule has 0 amide bonds. The predicted octanol–water partition coefficient (Wildman–Crippen LogP) is -1.21. The van der Waals surface area contributed by atoms with Gasteiger partial charge < -0.3 is 17.4 Å². The van der Waals surface area contributed by atoms with Gasteiger partial charge in [-0.05, 0) is 18.9 Å². The second-order valence-electron chi connectivity index (χ2n) is 2.64. The van der Waals surface area contributed by atoms with Gasteiger partial charge >= 0.3 is 0 Å². The molecule has 0 radical (unpaired) electrons. The maximum atomic E-state index is 3.29. The van der Waals surface area contributed by atoms with Crippen molar-refractivity contribution >= 4 is 10.9 Å². The smallest absolute Gasteiger partial charge is 0.224 e. The molecule has 2 rings (SSSR count). The number of halogens is 1. The molecule has 62 valence electrons. The first-order chi connectivity index (χ1) is 4.97. The van der Waals surface area contributed by atoms with E-state index in [1.165, 1.54) is 29.4 Å². The molecule has 0 aliphatic carbocycles. The molecule has 11 heavy (non-hydrogen) atoms. The molecule has 0 aromatic carbocycles. The fourth-order valence-corrected chi connectivity index (χ4v) is 3.62. The van der Waals surface area contributed by atoms with Crippen LogP contribution >= 0.6 is 0 Å². The lowest BCUT2D eigenvalue weighted by Crippen LogP contribution is -3.00.